The fourth-order valence-corrected chi connectivity index (χ4v) is 3.03. The molecule has 1 aromatic carbocycles. The van der Waals surface area contributed by atoms with Crippen LogP contribution >= 0.6 is 0 Å². The van der Waals surface area contributed by atoms with Crippen molar-refractivity contribution in [2.45, 2.75) is 54.1 Å². The number of nitrogens with one attached hydrogen (secondary N) is 2. The standard InChI is InChI=1S/C22H25N3O2.C2H6.2H2/c1-6-14(4)27-17-11-18-21(15(5)24-22(18)23-12-17)16-9-8-13(3)19(10-16)25-20(26)7-2;1-2;;/h7-12,14H,2,6H2,1,3-5H3,(H,23,24)(H,25,26);1-2H3;2*1H/t14-;;;/m0.../s1. The van der Waals surface area contributed by atoms with Crippen LogP contribution in [0.2, 0.25) is 0 Å². The van der Waals surface area contributed by atoms with Crippen LogP contribution in [0.15, 0.2) is 43.1 Å². The Bertz CT molecular complexity index is 1020. The summed E-state index contributed by atoms with van der Waals surface area (Å²) in [5.74, 6) is 0.529. The maximum atomic E-state index is 11.7. The highest BCUT2D eigenvalue weighted by Crippen LogP contribution is 2.35. The topological polar surface area (TPSA) is 67.0 Å². The van der Waals surface area contributed by atoms with E-state index in [1.54, 1.807) is 6.20 Å². The fraction of sp³-hybridized carbons (Fsp3) is 0.333. The molecule has 0 aliphatic carbocycles. The molecule has 1 atom stereocenters. The van der Waals surface area contributed by atoms with Crippen molar-refractivity contribution in [3.8, 4) is 16.9 Å². The van der Waals surface area contributed by atoms with Crippen LogP contribution < -0.4 is 10.1 Å². The van der Waals surface area contributed by atoms with Gasteiger partial charge < -0.3 is 15.0 Å². The van der Waals surface area contributed by atoms with Crippen molar-refractivity contribution in [2.75, 3.05) is 5.32 Å². The van der Waals surface area contributed by atoms with Crippen LogP contribution in [0.5, 0.6) is 5.75 Å². The summed E-state index contributed by atoms with van der Waals surface area (Å²) in [4.78, 5) is 19.6. The van der Waals surface area contributed by atoms with Crippen LogP contribution in [-0.4, -0.2) is 22.0 Å². The predicted octanol–water partition coefficient (Wildman–Crippen LogP) is 6.67. The molecule has 29 heavy (non-hydrogen) atoms. The number of aryl methyl sites for hydroxylation is 2. The maximum absolute atomic E-state index is 11.7. The summed E-state index contributed by atoms with van der Waals surface area (Å²) in [6.07, 6.45) is 4.08. The van der Waals surface area contributed by atoms with E-state index in [1.807, 2.05) is 52.8 Å². The summed E-state index contributed by atoms with van der Waals surface area (Å²) < 4.78 is 5.94. The Morgan fingerprint density at radius 3 is 2.72 bits per heavy atom. The van der Waals surface area contributed by atoms with E-state index in [2.05, 4.69) is 34.9 Å². The Hall–Kier alpha value is -3.08. The molecule has 1 amide bonds. The van der Waals surface area contributed by atoms with Crippen LogP contribution in [0.1, 0.15) is 48.2 Å². The van der Waals surface area contributed by atoms with Crippen molar-refractivity contribution >= 4 is 22.6 Å². The van der Waals surface area contributed by atoms with Gasteiger partial charge in [-0.15, -0.1) is 0 Å². The second-order valence-corrected chi connectivity index (χ2v) is 6.75. The molecule has 5 nitrogen and oxygen atoms in total. The molecule has 0 aliphatic heterocycles. The number of benzene rings is 1. The van der Waals surface area contributed by atoms with E-state index in [-0.39, 0.29) is 14.9 Å². The Morgan fingerprint density at radius 2 is 2.07 bits per heavy atom. The first-order chi connectivity index (χ1) is 13.9. The molecule has 158 valence electrons. The van der Waals surface area contributed by atoms with Crippen molar-refractivity contribution in [3.05, 3.63) is 54.4 Å². The van der Waals surface area contributed by atoms with E-state index in [9.17, 15) is 4.79 Å². The second-order valence-electron chi connectivity index (χ2n) is 6.75. The summed E-state index contributed by atoms with van der Waals surface area (Å²) in [6, 6.07) is 8.06. The van der Waals surface area contributed by atoms with Gasteiger partial charge in [0.05, 0.1) is 12.3 Å². The molecule has 0 bridgehead atoms. The van der Waals surface area contributed by atoms with E-state index in [1.165, 1.54) is 6.08 Å². The third kappa shape index (κ3) is 5.05. The van der Waals surface area contributed by atoms with Gasteiger partial charge in [0.25, 0.3) is 0 Å². The number of H-pyrrole nitrogens is 1. The number of aromatic amines is 1. The number of rotatable bonds is 6. The number of nitrogens with zero attached hydrogens (tertiary/aromatic N) is 1. The van der Waals surface area contributed by atoms with Gasteiger partial charge in [-0.25, -0.2) is 4.98 Å². The van der Waals surface area contributed by atoms with Crippen molar-refractivity contribution in [2.24, 2.45) is 0 Å². The average molecular weight is 398 g/mol. The zero-order chi connectivity index (χ0) is 21.6. The number of hydrogen-bond acceptors (Lipinski definition) is 3. The van der Waals surface area contributed by atoms with Gasteiger partial charge in [-0.1, -0.05) is 39.5 Å². The maximum Gasteiger partial charge on any atom is 0.247 e. The molecule has 5 heteroatoms. The van der Waals surface area contributed by atoms with Crippen LogP contribution in [0.3, 0.4) is 0 Å². The molecule has 0 saturated carbocycles. The highest BCUT2D eigenvalue weighted by Gasteiger charge is 2.15. The number of fused-ring (bicyclic) bond motifs is 1. The highest BCUT2D eigenvalue weighted by atomic mass is 16.5. The molecule has 0 saturated heterocycles. The number of anilines is 1. The second kappa shape index (κ2) is 9.92. The third-order valence-electron chi connectivity index (χ3n) is 4.69. The molecule has 0 unspecified atom stereocenters. The fourth-order valence-electron chi connectivity index (χ4n) is 3.03. The first kappa shape index (κ1) is 22.2. The van der Waals surface area contributed by atoms with E-state index in [4.69, 9.17) is 4.74 Å². The lowest BCUT2D eigenvalue weighted by Crippen LogP contribution is -2.09. The molecular weight excluding hydrogens is 362 g/mol. The minimum atomic E-state index is -0.225. The van der Waals surface area contributed by atoms with Crippen molar-refractivity contribution in [3.63, 3.8) is 0 Å². The van der Waals surface area contributed by atoms with Crippen molar-refractivity contribution < 1.29 is 12.4 Å². The zero-order valence-electron chi connectivity index (χ0n) is 18.2. The molecule has 0 spiro atoms. The molecule has 3 aromatic rings. The largest absolute Gasteiger partial charge is 0.489 e. The summed E-state index contributed by atoms with van der Waals surface area (Å²) in [5, 5.41) is 3.87. The molecule has 2 N–H and O–H groups in total. The number of carbonyl (C=O) groups excluding carboxylic acids is 1. The van der Waals surface area contributed by atoms with Gasteiger partial charge >= 0.3 is 0 Å². The minimum Gasteiger partial charge on any atom is -0.489 e. The number of carbonyl (C=O) groups is 1. The lowest BCUT2D eigenvalue weighted by Gasteiger charge is -2.13. The zero-order valence-corrected chi connectivity index (χ0v) is 18.2. The smallest absolute Gasteiger partial charge is 0.247 e. The summed E-state index contributed by atoms with van der Waals surface area (Å²) in [6.45, 7) is 15.6. The third-order valence-corrected chi connectivity index (χ3v) is 4.69. The molecule has 2 heterocycles. The summed E-state index contributed by atoms with van der Waals surface area (Å²) in [5.41, 5.74) is 5.66. The first-order valence-corrected chi connectivity index (χ1v) is 10.1. The Labute approximate surface area is 176 Å². The molecule has 3 rings (SSSR count). The SMILES string of the molecule is C=CC(=O)Nc1cc(-c2c(C)[nH]c3ncc(O[C@@H](C)CC)cc23)ccc1C.CC.[HH].[HH]. The van der Waals surface area contributed by atoms with E-state index in [0.29, 0.717) is 0 Å². The van der Waals surface area contributed by atoms with Gasteiger partial charge in [0, 0.05) is 25.2 Å². The summed E-state index contributed by atoms with van der Waals surface area (Å²) in [7, 11) is 0. The quantitative estimate of drug-likeness (QED) is 0.457. The van der Waals surface area contributed by atoms with Crippen molar-refractivity contribution in [1.29, 1.82) is 0 Å². The van der Waals surface area contributed by atoms with E-state index < -0.39 is 0 Å². The number of aromatic nitrogens is 2. The van der Waals surface area contributed by atoms with Crippen LogP contribution in [-0.2, 0) is 4.79 Å². The Morgan fingerprint density at radius 1 is 1.34 bits per heavy atom. The van der Waals surface area contributed by atoms with Gasteiger partial charge in [0.2, 0.25) is 5.91 Å². The van der Waals surface area contributed by atoms with Gasteiger partial charge in [0.15, 0.2) is 0 Å². The normalized spacial score (nSPS) is 11.4. The summed E-state index contributed by atoms with van der Waals surface area (Å²) >= 11 is 0. The van der Waals surface area contributed by atoms with Crippen LogP contribution in [0.4, 0.5) is 5.69 Å². The van der Waals surface area contributed by atoms with Crippen LogP contribution in [0.25, 0.3) is 22.2 Å². The van der Waals surface area contributed by atoms with Gasteiger partial charge in [0.1, 0.15) is 11.4 Å². The Kier molecular flexibility index (Phi) is 7.59. The monoisotopic (exact) mass is 397 g/mol. The molecule has 0 aliphatic rings. The number of ether oxygens (including phenoxy) is 1. The molecular formula is C24H35N3O2. The Balaban J connectivity index is 0.00000219. The lowest BCUT2D eigenvalue weighted by atomic mass is 10.0. The molecule has 0 fully saturated rings. The molecule has 0 radical (unpaired) electrons. The first-order valence-electron chi connectivity index (χ1n) is 10.1. The lowest BCUT2D eigenvalue weighted by molar-refractivity contribution is -0.111. The van der Waals surface area contributed by atoms with Gasteiger partial charge in [-0.05, 0) is 56.5 Å². The predicted molar refractivity (Wildman–Crippen MR) is 126 cm³/mol. The van der Waals surface area contributed by atoms with Crippen molar-refractivity contribution in [1.82, 2.24) is 9.97 Å². The minimum absolute atomic E-state index is 0. The van der Waals surface area contributed by atoms with E-state index in [0.717, 1.165) is 51.3 Å². The van der Waals surface area contributed by atoms with E-state index >= 15 is 0 Å². The number of amides is 1. The molecule has 2 aromatic heterocycles. The highest BCUT2D eigenvalue weighted by molar-refractivity contribution is 6.01. The average Bonchev–Trinajstić information content (AvgIpc) is 3.06. The van der Waals surface area contributed by atoms with Gasteiger partial charge in [-0.3, -0.25) is 4.79 Å². The number of hydrogen-bond donors (Lipinski definition) is 2. The number of pyridine rings is 1. The van der Waals surface area contributed by atoms with Crippen LogP contribution in [0, 0.1) is 13.8 Å². The van der Waals surface area contributed by atoms with Gasteiger partial charge in [-0.2, -0.15) is 0 Å².